The topological polar surface area (TPSA) is 123 Å². The number of ether oxygens (including phenoxy) is 3. The Labute approximate surface area is 182 Å². The van der Waals surface area contributed by atoms with Crippen LogP contribution in [0.5, 0.6) is 5.75 Å². The summed E-state index contributed by atoms with van der Waals surface area (Å²) in [5.74, 6) is -4.70. The molecule has 9 heteroatoms. The highest BCUT2D eigenvalue weighted by Gasteiger charge is 2.80. The smallest absolute Gasteiger partial charge is 0.244 e. The lowest BCUT2D eigenvalue weighted by atomic mass is 9.53. The lowest BCUT2D eigenvalue weighted by molar-refractivity contribution is -0.289. The molecule has 2 aliphatic heterocycles. The van der Waals surface area contributed by atoms with E-state index in [2.05, 4.69) is 0 Å². The van der Waals surface area contributed by atoms with E-state index in [1.165, 1.54) is 14.0 Å². The van der Waals surface area contributed by atoms with Gasteiger partial charge in [0.05, 0.1) is 31.2 Å². The fourth-order valence-electron chi connectivity index (χ4n) is 4.69. The second-order valence-corrected chi connectivity index (χ2v) is 7.66. The van der Waals surface area contributed by atoms with Crippen molar-refractivity contribution in [3.8, 4) is 24.0 Å². The fourth-order valence-corrected chi connectivity index (χ4v) is 4.69. The lowest BCUT2D eigenvalue weighted by Crippen LogP contribution is -2.57. The molecule has 4 rings (SSSR count). The van der Waals surface area contributed by atoms with Crippen LogP contribution in [0.25, 0.3) is 0 Å². The molecule has 0 spiro atoms. The van der Waals surface area contributed by atoms with Crippen molar-refractivity contribution in [3.63, 3.8) is 0 Å². The average Bonchev–Trinajstić information content (AvgIpc) is 2.97. The van der Waals surface area contributed by atoms with Gasteiger partial charge in [-0.05, 0) is 42.5 Å². The van der Waals surface area contributed by atoms with Crippen LogP contribution >= 0.6 is 0 Å². The first-order chi connectivity index (χ1) is 15.3. The van der Waals surface area contributed by atoms with Crippen molar-refractivity contribution in [2.75, 3.05) is 7.11 Å². The summed E-state index contributed by atoms with van der Waals surface area (Å²) in [6.45, 7) is 1.52. The van der Waals surface area contributed by atoms with Crippen molar-refractivity contribution in [2.45, 2.75) is 18.8 Å². The summed E-state index contributed by atoms with van der Waals surface area (Å²) < 4.78 is 46.0. The molecule has 2 aliphatic rings. The number of fused-ring (bicyclic) bond motifs is 2. The van der Waals surface area contributed by atoms with Crippen LogP contribution < -0.4 is 4.74 Å². The van der Waals surface area contributed by atoms with Crippen LogP contribution in [0.4, 0.5) is 8.78 Å². The van der Waals surface area contributed by atoms with Crippen molar-refractivity contribution in [1.29, 1.82) is 21.2 Å². The predicted octanol–water partition coefficient (Wildman–Crippen LogP) is 4.08. The number of nitriles is 3. The first kappa shape index (κ1) is 21.2. The summed E-state index contributed by atoms with van der Waals surface area (Å²) in [4.78, 5) is 0. The number of rotatable bonds is 3. The fraction of sp³-hybridized carbons (Fsp3) is 0.304. The van der Waals surface area contributed by atoms with E-state index < -0.39 is 51.7 Å². The zero-order valence-electron chi connectivity index (χ0n) is 17.0. The molecule has 2 heterocycles. The molecule has 2 bridgehead atoms. The van der Waals surface area contributed by atoms with Crippen LogP contribution in [-0.2, 0) is 15.3 Å². The normalized spacial score (nSPS) is 29.8. The summed E-state index contributed by atoms with van der Waals surface area (Å²) in [6, 6.07) is 14.4. The molecule has 2 aromatic rings. The van der Waals surface area contributed by atoms with Gasteiger partial charge in [-0.15, -0.1) is 0 Å². The van der Waals surface area contributed by atoms with Gasteiger partial charge in [-0.25, -0.2) is 8.78 Å². The molecular formula is C23H16F2N4O3. The van der Waals surface area contributed by atoms with Gasteiger partial charge in [0.2, 0.25) is 17.1 Å². The quantitative estimate of drug-likeness (QED) is 0.776. The van der Waals surface area contributed by atoms with Gasteiger partial charge in [-0.3, -0.25) is 5.41 Å². The van der Waals surface area contributed by atoms with Gasteiger partial charge in [0.15, 0.2) is 5.41 Å². The molecule has 2 aromatic carbocycles. The monoisotopic (exact) mass is 434 g/mol. The Kier molecular flexibility index (Phi) is 4.66. The Balaban J connectivity index is 2.04. The van der Waals surface area contributed by atoms with Crippen LogP contribution in [-0.4, -0.2) is 13.0 Å². The summed E-state index contributed by atoms with van der Waals surface area (Å²) >= 11 is 0. The van der Waals surface area contributed by atoms with E-state index >= 15 is 0 Å². The van der Waals surface area contributed by atoms with Crippen LogP contribution in [0.15, 0.2) is 42.5 Å². The minimum absolute atomic E-state index is 0.360. The van der Waals surface area contributed by atoms with Gasteiger partial charge in [-0.1, -0.05) is 6.92 Å². The Bertz CT molecular complexity index is 1230. The van der Waals surface area contributed by atoms with Crippen molar-refractivity contribution in [2.24, 2.45) is 16.7 Å². The highest BCUT2D eigenvalue weighted by molar-refractivity contribution is 5.89. The van der Waals surface area contributed by atoms with Gasteiger partial charge >= 0.3 is 0 Å². The van der Waals surface area contributed by atoms with E-state index in [0.29, 0.717) is 11.3 Å². The van der Waals surface area contributed by atoms with E-state index in [-0.39, 0.29) is 0 Å². The van der Waals surface area contributed by atoms with Crippen molar-refractivity contribution >= 4 is 5.90 Å². The molecular weight excluding hydrogens is 418 g/mol. The van der Waals surface area contributed by atoms with Crippen LogP contribution in [0, 0.1) is 67.8 Å². The highest BCUT2D eigenvalue weighted by Crippen LogP contribution is 2.69. The molecule has 1 N–H and O–H groups in total. The second kappa shape index (κ2) is 7.02. The molecule has 2 saturated heterocycles. The minimum atomic E-state index is -2.39. The van der Waals surface area contributed by atoms with Gasteiger partial charge in [0.25, 0.3) is 0 Å². The highest BCUT2D eigenvalue weighted by atomic mass is 19.1. The molecule has 4 unspecified atom stereocenters. The zero-order chi connectivity index (χ0) is 23.3. The predicted molar refractivity (Wildman–Crippen MR) is 105 cm³/mol. The average molecular weight is 434 g/mol. The third-order valence-corrected chi connectivity index (χ3v) is 6.40. The Morgan fingerprint density at radius 3 is 2.25 bits per heavy atom. The molecule has 0 amide bonds. The van der Waals surface area contributed by atoms with E-state index in [1.807, 2.05) is 6.07 Å². The molecule has 0 aliphatic carbocycles. The van der Waals surface area contributed by atoms with Gasteiger partial charge < -0.3 is 14.2 Å². The Morgan fingerprint density at radius 1 is 1.03 bits per heavy atom. The third kappa shape index (κ3) is 2.36. The van der Waals surface area contributed by atoms with Crippen molar-refractivity contribution in [1.82, 2.24) is 0 Å². The maximum absolute atomic E-state index is 14.8. The van der Waals surface area contributed by atoms with Gasteiger partial charge in [0.1, 0.15) is 23.5 Å². The van der Waals surface area contributed by atoms with E-state index in [4.69, 9.17) is 19.6 Å². The van der Waals surface area contributed by atoms with Crippen LogP contribution in [0.3, 0.4) is 0 Å². The number of benzene rings is 2. The third-order valence-electron chi connectivity index (χ3n) is 6.40. The number of nitrogens with zero attached hydrogens (tertiary/aromatic N) is 3. The summed E-state index contributed by atoms with van der Waals surface area (Å²) in [7, 11) is 1.48. The SMILES string of the molecule is COc1ccc(C23OC(=N)C(C#N)(C2C)C(C#N)(C#N)C(c2cc(F)ccc2F)O3)cc1. The van der Waals surface area contributed by atoms with Crippen LogP contribution in [0.1, 0.15) is 24.2 Å². The number of halogens is 2. The van der Waals surface area contributed by atoms with Crippen LogP contribution in [0.2, 0.25) is 0 Å². The zero-order valence-corrected chi connectivity index (χ0v) is 17.0. The number of hydrogen-bond acceptors (Lipinski definition) is 7. The lowest BCUT2D eigenvalue weighted by Gasteiger charge is -2.48. The second-order valence-electron chi connectivity index (χ2n) is 7.66. The summed E-state index contributed by atoms with van der Waals surface area (Å²) in [5.41, 5.74) is -4.56. The van der Waals surface area contributed by atoms with E-state index in [0.717, 1.165) is 18.2 Å². The standard InChI is InChI=1S/C23H16F2N4O3/c1-13-22(12-28)20(29)32-23(13,14-3-6-16(30-2)7-4-14)31-19(21(22,10-26)11-27)17-9-15(24)5-8-18(17)25/h3-9,13,19,29H,1-2H3. The molecule has 0 aromatic heterocycles. The first-order valence-electron chi connectivity index (χ1n) is 9.55. The number of nitrogens with one attached hydrogen (secondary N) is 1. The number of hydrogen-bond donors (Lipinski definition) is 1. The molecule has 0 radical (unpaired) electrons. The first-order valence-corrected chi connectivity index (χ1v) is 9.55. The Hall–Kier alpha value is -4.00. The molecule has 0 saturated carbocycles. The largest absolute Gasteiger partial charge is 0.497 e. The Morgan fingerprint density at radius 2 is 1.69 bits per heavy atom. The molecule has 2 fully saturated rings. The summed E-state index contributed by atoms with van der Waals surface area (Å²) in [6.07, 6.45) is -1.73. The van der Waals surface area contributed by atoms with Crippen molar-refractivity contribution < 1.29 is 23.0 Å². The molecule has 4 atom stereocenters. The molecule has 32 heavy (non-hydrogen) atoms. The maximum Gasteiger partial charge on any atom is 0.244 e. The van der Waals surface area contributed by atoms with E-state index in [9.17, 15) is 24.6 Å². The van der Waals surface area contributed by atoms with E-state index in [1.54, 1.807) is 36.4 Å². The van der Waals surface area contributed by atoms with Gasteiger partial charge in [-0.2, -0.15) is 15.8 Å². The molecule has 7 nitrogen and oxygen atoms in total. The maximum atomic E-state index is 14.8. The summed E-state index contributed by atoms with van der Waals surface area (Å²) in [5, 5.41) is 39.0. The number of methoxy groups -OCH3 is 1. The minimum Gasteiger partial charge on any atom is -0.497 e. The van der Waals surface area contributed by atoms with Crippen molar-refractivity contribution in [3.05, 3.63) is 65.2 Å². The molecule has 160 valence electrons. The van der Waals surface area contributed by atoms with Gasteiger partial charge in [0, 0.05) is 11.1 Å².